The summed E-state index contributed by atoms with van der Waals surface area (Å²) in [5, 5.41) is 9.81. The minimum atomic E-state index is -0.436. The maximum atomic E-state index is 12.9. The van der Waals surface area contributed by atoms with Crippen LogP contribution in [0.3, 0.4) is 0 Å². The third-order valence-electron chi connectivity index (χ3n) is 4.78. The first-order chi connectivity index (χ1) is 11.2. The summed E-state index contributed by atoms with van der Waals surface area (Å²) in [5.74, 6) is -0.0751. The van der Waals surface area contributed by atoms with E-state index in [0.717, 1.165) is 25.7 Å². The Labute approximate surface area is 136 Å². The van der Waals surface area contributed by atoms with Crippen molar-refractivity contribution in [2.45, 2.75) is 44.2 Å². The molecule has 2 heterocycles. The van der Waals surface area contributed by atoms with Crippen LogP contribution in [0.25, 0.3) is 0 Å². The summed E-state index contributed by atoms with van der Waals surface area (Å²) in [7, 11) is 0. The molecule has 2 saturated heterocycles. The number of benzene rings is 1. The van der Waals surface area contributed by atoms with Crippen LogP contribution in [0.1, 0.15) is 42.5 Å². The zero-order valence-electron chi connectivity index (χ0n) is 13.4. The maximum absolute atomic E-state index is 12.9. The zero-order valence-corrected chi connectivity index (χ0v) is 13.4. The Kier molecular flexibility index (Phi) is 4.96. The molecule has 2 unspecified atom stereocenters. The Bertz CT molecular complexity index is 561. The first-order valence-electron chi connectivity index (χ1n) is 8.49. The lowest BCUT2D eigenvalue weighted by molar-refractivity contribution is -0.140. The number of likely N-dealkylation sites (tertiary alicyclic amines) is 2. The number of nitrogens with zero attached hydrogens (tertiary/aromatic N) is 2. The number of piperidine rings is 2. The van der Waals surface area contributed by atoms with E-state index >= 15 is 0 Å². The Balaban J connectivity index is 1.76. The largest absolute Gasteiger partial charge is 0.391 e. The molecule has 1 N–H and O–H groups in total. The minimum Gasteiger partial charge on any atom is -0.391 e. The van der Waals surface area contributed by atoms with Crippen LogP contribution < -0.4 is 0 Å². The first kappa shape index (κ1) is 16.0. The highest BCUT2D eigenvalue weighted by molar-refractivity contribution is 5.97. The molecular weight excluding hydrogens is 292 g/mol. The molecule has 1 aromatic carbocycles. The fourth-order valence-corrected chi connectivity index (χ4v) is 3.54. The van der Waals surface area contributed by atoms with Gasteiger partial charge in [-0.15, -0.1) is 0 Å². The van der Waals surface area contributed by atoms with Gasteiger partial charge < -0.3 is 14.9 Å². The normalized spacial score (nSPS) is 25.3. The second kappa shape index (κ2) is 7.13. The van der Waals surface area contributed by atoms with Crippen LogP contribution in [0.15, 0.2) is 30.3 Å². The van der Waals surface area contributed by atoms with Gasteiger partial charge in [0.2, 0.25) is 5.91 Å². The standard InChI is InChI=1S/C18H24N2O3/c21-15-9-6-11-19(13-15)18(23)16-10-4-5-12-20(16)17(22)14-7-2-1-3-8-14/h1-3,7-8,15-16,21H,4-6,9-13H2. The van der Waals surface area contributed by atoms with Crippen molar-refractivity contribution < 1.29 is 14.7 Å². The number of carbonyl (C=O) groups excluding carboxylic acids is 2. The van der Waals surface area contributed by atoms with Crippen molar-refractivity contribution in [3.05, 3.63) is 35.9 Å². The van der Waals surface area contributed by atoms with E-state index in [0.29, 0.717) is 31.6 Å². The third kappa shape index (κ3) is 3.55. The molecule has 2 fully saturated rings. The number of hydrogen-bond acceptors (Lipinski definition) is 3. The van der Waals surface area contributed by atoms with Crippen molar-refractivity contribution in [2.75, 3.05) is 19.6 Å². The van der Waals surface area contributed by atoms with E-state index in [-0.39, 0.29) is 17.9 Å². The average Bonchev–Trinajstić information content (AvgIpc) is 2.61. The summed E-state index contributed by atoms with van der Waals surface area (Å²) >= 11 is 0. The van der Waals surface area contributed by atoms with E-state index in [1.54, 1.807) is 21.9 Å². The number of aliphatic hydroxyl groups is 1. The minimum absolute atomic E-state index is 0.00673. The van der Waals surface area contributed by atoms with Crippen molar-refractivity contribution in [1.29, 1.82) is 0 Å². The highest BCUT2D eigenvalue weighted by atomic mass is 16.3. The van der Waals surface area contributed by atoms with Crippen LogP contribution in [0.5, 0.6) is 0 Å². The molecule has 23 heavy (non-hydrogen) atoms. The summed E-state index contributed by atoms with van der Waals surface area (Å²) in [6.45, 7) is 1.70. The SMILES string of the molecule is O=C(C1CCCCN1C(=O)c1ccccc1)N1CCCC(O)C1. The highest BCUT2D eigenvalue weighted by Crippen LogP contribution is 2.23. The van der Waals surface area contributed by atoms with Gasteiger partial charge in [-0.2, -0.15) is 0 Å². The number of carbonyl (C=O) groups is 2. The molecule has 2 amide bonds. The Morgan fingerprint density at radius 2 is 1.78 bits per heavy atom. The number of rotatable bonds is 2. The molecular formula is C18H24N2O3. The molecule has 2 aliphatic heterocycles. The van der Waals surface area contributed by atoms with E-state index in [1.807, 2.05) is 18.2 Å². The second-order valence-electron chi connectivity index (χ2n) is 6.46. The van der Waals surface area contributed by atoms with Gasteiger partial charge in [-0.05, 0) is 44.2 Å². The van der Waals surface area contributed by atoms with Crippen LogP contribution in [0.2, 0.25) is 0 Å². The van der Waals surface area contributed by atoms with E-state index in [4.69, 9.17) is 0 Å². The highest BCUT2D eigenvalue weighted by Gasteiger charge is 2.36. The molecule has 0 spiro atoms. The van der Waals surface area contributed by atoms with Gasteiger partial charge in [-0.1, -0.05) is 18.2 Å². The van der Waals surface area contributed by atoms with Gasteiger partial charge in [-0.25, -0.2) is 0 Å². The van der Waals surface area contributed by atoms with Crippen molar-refractivity contribution >= 4 is 11.8 Å². The van der Waals surface area contributed by atoms with Gasteiger partial charge in [0.05, 0.1) is 6.10 Å². The van der Waals surface area contributed by atoms with Crippen LogP contribution in [-0.2, 0) is 4.79 Å². The van der Waals surface area contributed by atoms with Crippen molar-refractivity contribution in [1.82, 2.24) is 9.80 Å². The molecule has 3 rings (SSSR count). The predicted molar refractivity (Wildman–Crippen MR) is 86.9 cm³/mol. The quantitative estimate of drug-likeness (QED) is 0.903. The Hall–Kier alpha value is -1.88. The van der Waals surface area contributed by atoms with Crippen LogP contribution in [-0.4, -0.2) is 58.5 Å². The lowest BCUT2D eigenvalue weighted by Crippen LogP contribution is -2.55. The Morgan fingerprint density at radius 1 is 1.00 bits per heavy atom. The molecule has 0 aromatic heterocycles. The van der Waals surface area contributed by atoms with E-state index in [1.165, 1.54) is 0 Å². The summed E-state index contributed by atoms with van der Waals surface area (Å²) in [4.78, 5) is 29.1. The van der Waals surface area contributed by atoms with Crippen LogP contribution in [0, 0.1) is 0 Å². The molecule has 2 atom stereocenters. The fourth-order valence-electron chi connectivity index (χ4n) is 3.54. The number of hydrogen-bond donors (Lipinski definition) is 1. The number of amides is 2. The number of β-amino-alcohol motifs (C(OH)–C–C–N with tert-alkyl or cyclic N) is 1. The second-order valence-corrected chi connectivity index (χ2v) is 6.46. The molecule has 5 nitrogen and oxygen atoms in total. The molecule has 0 aliphatic carbocycles. The maximum Gasteiger partial charge on any atom is 0.254 e. The summed E-state index contributed by atoms with van der Waals surface area (Å²) in [5.41, 5.74) is 0.630. The topological polar surface area (TPSA) is 60.9 Å². The first-order valence-corrected chi connectivity index (χ1v) is 8.49. The fraction of sp³-hybridized carbons (Fsp3) is 0.556. The molecule has 2 aliphatic rings. The predicted octanol–water partition coefficient (Wildman–Crippen LogP) is 1.66. The van der Waals surface area contributed by atoms with Gasteiger partial charge in [0.25, 0.3) is 5.91 Å². The van der Waals surface area contributed by atoms with Gasteiger partial charge in [0, 0.05) is 25.2 Å². The molecule has 5 heteroatoms. The molecule has 1 aromatic rings. The lowest BCUT2D eigenvalue weighted by atomic mass is 9.98. The molecule has 124 valence electrons. The van der Waals surface area contributed by atoms with Gasteiger partial charge in [0.1, 0.15) is 6.04 Å². The molecule has 0 bridgehead atoms. The zero-order chi connectivity index (χ0) is 16.2. The van der Waals surface area contributed by atoms with Crippen LogP contribution in [0.4, 0.5) is 0 Å². The molecule has 0 radical (unpaired) electrons. The lowest BCUT2D eigenvalue weighted by Gasteiger charge is -2.39. The van der Waals surface area contributed by atoms with Gasteiger partial charge in [-0.3, -0.25) is 9.59 Å². The average molecular weight is 316 g/mol. The van der Waals surface area contributed by atoms with E-state index < -0.39 is 6.10 Å². The van der Waals surface area contributed by atoms with Crippen LogP contribution >= 0.6 is 0 Å². The van der Waals surface area contributed by atoms with E-state index in [2.05, 4.69) is 0 Å². The van der Waals surface area contributed by atoms with Crippen molar-refractivity contribution in [2.24, 2.45) is 0 Å². The number of aliphatic hydroxyl groups excluding tert-OH is 1. The summed E-state index contributed by atoms with van der Waals surface area (Å²) < 4.78 is 0. The van der Waals surface area contributed by atoms with Gasteiger partial charge >= 0.3 is 0 Å². The molecule has 0 saturated carbocycles. The monoisotopic (exact) mass is 316 g/mol. The van der Waals surface area contributed by atoms with E-state index in [9.17, 15) is 14.7 Å². The summed E-state index contributed by atoms with van der Waals surface area (Å²) in [6.07, 6.45) is 3.75. The smallest absolute Gasteiger partial charge is 0.254 e. The Morgan fingerprint density at radius 3 is 2.52 bits per heavy atom. The van der Waals surface area contributed by atoms with Crippen molar-refractivity contribution in [3.8, 4) is 0 Å². The third-order valence-corrected chi connectivity index (χ3v) is 4.78. The van der Waals surface area contributed by atoms with Gasteiger partial charge in [0.15, 0.2) is 0 Å². The summed E-state index contributed by atoms with van der Waals surface area (Å²) in [6, 6.07) is 8.77. The van der Waals surface area contributed by atoms with Crippen molar-refractivity contribution in [3.63, 3.8) is 0 Å².